The average Bonchev–Trinajstić information content (AvgIpc) is 2.30. The molecule has 0 heterocycles. The Bertz CT molecular complexity index is 393. The van der Waals surface area contributed by atoms with Gasteiger partial charge in [0, 0.05) is 5.75 Å². The highest BCUT2D eigenvalue weighted by atomic mass is 32.2. The van der Waals surface area contributed by atoms with E-state index in [2.05, 4.69) is 5.43 Å². The van der Waals surface area contributed by atoms with E-state index in [1.807, 2.05) is 6.92 Å². The van der Waals surface area contributed by atoms with E-state index < -0.39 is 11.7 Å². The van der Waals surface area contributed by atoms with E-state index in [0.29, 0.717) is 5.56 Å². The number of hydrazine groups is 1. The molecule has 0 amide bonds. The Morgan fingerprint density at radius 3 is 2.50 bits per heavy atom. The zero-order valence-corrected chi connectivity index (χ0v) is 11.2. The van der Waals surface area contributed by atoms with Crippen molar-refractivity contribution in [3.63, 3.8) is 0 Å². The van der Waals surface area contributed by atoms with Crippen LogP contribution in [0.1, 0.15) is 29.7 Å². The Balaban J connectivity index is 2.96. The molecule has 0 saturated carbocycles. The molecule has 18 heavy (non-hydrogen) atoms. The Morgan fingerprint density at radius 1 is 1.39 bits per heavy atom. The van der Waals surface area contributed by atoms with Crippen molar-refractivity contribution in [3.05, 3.63) is 34.9 Å². The number of hydrogen-bond donors (Lipinski definition) is 2. The molecule has 0 aliphatic carbocycles. The standard InChI is InChI=1S/C12H17F3N2S/c1-3-18-7-11(17-16)10-5-4-9(6-8(10)2)12(13,14)15/h4-6,11,17H,3,7,16H2,1-2H3. The maximum absolute atomic E-state index is 12.5. The van der Waals surface area contributed by atoms with Crippen LogP contribution in [0, 0.1) is 6.92 Å². The Hall–Kier alpha value is -0.720. The number of benzene rings is 1. The van der Waals surface area contributed by atoms with Crippen molar-refractivity contribution >= 4 is 11.8 Å². The first-order chi connectivity index (χ1) is 8.40. The van der Waals surface area contributed by atoms with Gasteiger partial charge in [-0.1, -0.05) is 13.0 Å². The van der Waals surface area contributed by atoms with E-state index in [1.54, 1.807) is 18.7 Å². The molecule has 1 aromatic rings. The van der Waals surface area contributed by atoms with Gasteiger partial charge in [0.25, 0.3) is 0 Å². The van der Waals surface area contributed by atoms with Crippen molar-refractivity contribution in [1.29, 1.82) is 0 Å². The van der Waals surface area contributed by atoms with Crippen LogP contribution in [-0.2, 0) is 6.18 Å². The molecule has 1 unspecified atom stereocenters. The monoisotopic (exact) mass is 278 g/mol. The summed E-state index contributed by atoms with van der Waals surface area (Å²) >= 11 is 1.69. The smallest absolute Gasteiger partial charge is 0.271 e. The summed E-state index contributed by atoms with van der Waals surface area (Å²) in [5.41, 5.74) is 3.44. The van der Waals surface area contributed by atoms with E-state index >= 15 is 0 Å². The molecular formula is C12H17F3N2S. The first-order valence-corrected chi connectivity index (χ1v) is 6.77. The highest BCUT2D eigenvalue weighted by Gasteiger charge is 2.31. The molecule has 0 aliphatic heterocycles. The summed E-state index contributed by atoms with van der Waals surface area (Å²) in [6.45, 7) is 3.70. The number of rotatable bonds is 5. The van der Waals surface area contributed by atoms with Crippen LogP contribution in [0.15, 0.2) is 18.2 Å². The maximum Gasteiger partial charge on any atom is 0.416 e. The van der Waals surface area contributed by atoms with E-state index in [9.17, 15) is 13.2 Å². The molecule has 0 fully saturated rings. The van der Waals surface area contributed by atoms with Crippen molar-refractivity contribution in [2.24, 2.45) is 5.84 Å². The maximum atomic E-state index is 12.5. The Morgan fingerprint density at radius 2 is 2.06 bits per heavy atom. The van der Waals surface area contributed by atoms with Crippen LogP contribution in [0.5, 0.6) is 0 Å². The lowest BCUT2D eigenvalue weighted by Crippen LogP contribution is -2.30. The van der Waals surface area contributed by atoms with Gasteiger partial charge in [-0.25, -0.2) is 0 Å². The molecule has 0 radical (unpaired) electrons. The van der Waals surface area contributed by atoms with Gasteiger partial charge in [-0.15, -0.1) is 0 Å². The molecule has 1 atom stereocenters. The lowest BCUT2D eigenvalue weighted by atomic mass is 10.00. The largest absolute Gasteiger partial charge is 0.416 e. The third-order valence-corrected chi connectivity index (χ3v) is 3.64. The molecule has 3 N–H and O–H groups in total. The summed E-state index contributed by atoms with van der Waals surface area (Å²) in [7, 11) is 0. The first kappa shape index (κ1) is 15.3. The van der Waals surface area contributed by atoms with Crippen LogP contribution in [0.2, 0.25) is 0 Å². The summed E-state index contributed by atoms with van der Waals surface area (Å²) in [4.78, 5) is 0. The van der Waals surface area contributed by atoms with Gasteiger partial charge in [0.15, 0.2) is 0 Å². The van der Waals surface area contributed by atoms with E-state index in [0.717, 1.165) is 29.2 Å². The molecule has 2 nitrogen and oxygen atoms in total. The summed E-state index contributed by atoms with van der Waals surface area (Å²) in [5.74, 6) is 7.13. The van der Waals surface area contributed by atoms with Gasteiger partial charge in [-0.2, -0.15) is 24.9 Å². The number of aryl methyl sites for hydroxylation is 1. The molecule has 0 bridgehead atoms. The van der Waals surface area contributed by atoms with Crippen molar-refractivity contribution in [2.45, 2.75) is 26.1 Å². The van der Waals surface area contributed by atoms with Crippen LogP contribution < -0.4 is 11.3 Å². The molecule has 102 valence electrons. The van der Waals surface area contributed by atoms with Gasteiger partial charge in [-0.3, -0.25) is 11.3 Å². The van der Waals surface area contributed by atoms with Crippen LogP contribution in [0.25, 0.3) is 0 Å². The molecule has 0 aromatic heterocycles. The summed E-state index contributed by atoms with van der Waals surface area (Å²) < 4.78 is 37.6. The molecule has 1 aromatic carbocycles. The van der Waals surface area contributed by atoms with Crippen molar-refractivity contribution in [3.8, 4) is 0 Å². The SMILES string of the molecule is CCSCC(NN)c1ccc(C(F)(F)F)cc1C. The Kier molecular flexibility index (Phi) is 5.49. The second-order valence-corrected chi connectivity index (χ2v) is 5.27. The molecule has 0 saturated heterocycles. The minimum Gasteiger partial charge on any atom is -0.271 e. The third kappa shape index (κ3) is 3.90. The zero-order chi connectivity index (χ0) is 13.8. The number of nitrogens with one attached hydrogen (secondary N) is 1. The lowest BCUT2D eigenvalue weighted by Gasteiger charge is -2.19. The number of hydrogen-bond acceptors (Lipinski definition) is 3. The fourth-order valence-corrected chi connectivity index (χ4v) is 2.45. The number of alkyl halides is 3. The highest BCUT2D eigenvalue weighted by molar-refractivity contribution is 7.99. The summed E-state index contributed by atoms with van der Waals surface area (Å²) in [6.07, 6.45) is -4.30. The van der Waals surface area contributed by atoms with Crippen molar-refractivity contribution in [1.82, 2.24) is 5.43 Å². The summed E-state index contributed by atoms with van der Waals surface area (Å²) in [6, 6.07) is 3.63. The molecular weight excluding hydrogens is 261 g/mol. The quantitative estimate of drug-likeness (QED) is 0.641. The van der Waals surface area contributed by atoms with Crippen LogP contribution in [0.3, 0.4) is 0 Å². The van der Waals surface area contributed by atoms with Gasteiger partial charge < -0.3 is 0 Å². The van der Waals surface area contributed by atoms with Gasteiger partial charge in [0.05, 0.1) is 11.6 Å². The molecule has 1 rings (SSSR count). The third-order valence-electron chi connectivity index (χ3n) is 2.66. The zero-order valence-electron chi connectivity index (χ0n) is 10.3. The van der Waals surface area contributed by atoms with Crippen molar-refractivity contribution < 1.29 is 13.2 Å². The van der Waals surface area contributed by atoms with Crippen LogP contribution in [-0.4, -0.2) is 11.5 Å². The minimum absolute atomic E-state index is 0.128. The van der Waals surface area contributed by atoms with Crippen LogP contribution >= 0.6 is 11.8 Å². The fourth-order valence-electron chi connectivity index (χ4n) is 1.71. The predicted molar refractivity (Wildman–Crippen MR) is 69.2 cm³/mol. The molecule has 0 aliphatic rings. The second kappa shape index (κ2) is 6.45. The molecule has 0 spiro atoms. The van der Waals surface area contributed by atoms with Gasteiger partial charge >= 0.3 is 6.18 Å². The Labute approximate surface area is 109 Å². The normalized spacial score (nSPS) is 13.7. The topological polar surface area (TPSA) is 38.0 Å². The van der Waals surface area contributed by atoms with Crippen LogP contribution in [0.4, 0.5) is 13.2 Å². The van der Waals surface area contributed by atoms with Gasteiger partial charge in [0.2, 0.25) is 0 Å². The van der Waals surface area contributed by atoms with Gasteiger partial charge in [-0.05, 0) is 35.9 Å². The van der Waals surface area contributed by atoms with Crippen molar-refractivity contribution in [2.75, 3.05) is 11.5 Å². The average molecular weight is 278 g/mol. The van der Waals surface area contributed by atoms with E-state index in [4.69, 9.17) is 5.84 Å². The highest BCUT2D eigenvalue weighted by Crippen LogP contribution is 2.32. The first-order valence-electron chi connectivity index (χ1n) is 5.61. The minimum atomic E-state index is -4.30. The van der Waals surface area contributed by atoms with Gasteiger partial charge in [0.1, 0.15) is 0 Å². The predicted octanol–water partition coefficient (Wildman–Crippen LogP) is 3.27. The van der Waals surface area contributed by atoms with E-state index in [1.165, 1.54) is 6.07 Å². The fraction of sp³-hybridized carbons (Fsp3) is 0.500. The lowest BCUT2D eigenvalue weighted by molar-refractivity contribution is -0.137. The van der Waals surface area contributed by atoms with E-state index in [-0.39, 0.29) is 6.04 Å². The number of nitrogens with two attached hydrogens (primary N) is 1. The number of halogens is 3. The second-order valence-electron chi connectivity index (χ2n) is 3.95. The number of thioether (sulfide) groups is 1. The molecule has 6 heteroatoms. The summed E-state index contributed by atoms with van der Waals surface area (Å²) in [5, 5.41) is 0.